The minimum Gasteiger partial charge on any atom is -0.467 e. The number of esters is 1. The largest absolute Gasteiger partial charge is 0.467 e. The van der Waals surface area contributed by atoms with Crippen LogP contribution >= 0.6 is 15.9 Å². The van der Waals surface area contributed by atoms with Crippen LogP contribution in [-0.4, -0.2) is 36.7 Å². The van der Waals surface area contributed by atoms with Gasteiger partial charge < -0.3 is 9.64 Å². The van der Waals surface area contributed by atoms with Crippen molar-refractivity contribution >= 4 is 45.2 Å². The lowest BCUT2D eigenvalue weighted by Crippen LogP contribution is -2.48. The standard InChI is InChI=1S/C28H20BrNO4/c1-34-27(33)24-23(17-10-13-18(29)14-11-17)28(25(31)19-7-3-4-8-20(19)26(28)32)22-15-12-16-6-2-5-9-21(16)30(22)24/h2-15,22-24H,1H3/t22-,23-,24-/m1/s1. The number of rotatable bonds is 2. The van der Waals surface area contributed by atoms with E-state index in [0.717, 1.165) is 21.3 Å². The van der Waals surface area contributed by atoms with Gasteiger partial charge in [-0.1, -0.05) is 82.7 Å². The number of anilines is 1. The molecule has 3 aromatic rings. The molecule has 0 saturated carbocycles. The number of halogens is 1. The minimum absolute atomic E-state index is 0.244. The van der Waals surface area contributed by atoms with Gasteiger partial charge in [0.2, 0.25) is 0 Å². The number of fused-ring (bicyclic) bond motifs is 5. The fraction of sp³-hybridized carbons (Fsp3) is 0.179. The highest BCUT2D eigenvalue weighted by atomic mass is 79.9. The first-order valence-electron chi connectivity index (χ1n) is 11.1. The summed E-state index contributed by atoms with van der Waals surface area (Å²) in [5.41, 5.74) is 1.81. The number of carbonyl (C=O) groups is 3. The summed E-state index contributed by atoms with van der Waals surface area (Å²) in [6, 6.07) is 20.7. The van der Waals surface area contributed by atoms with E-state index in [-0.39, 0.29) is 11.6 Å². The number of benzene rings is 3. The van der Waals surface area contributed by atoms with Crippen LogP contribution in [0.3, 0.4) is 0 Å². The second-order valence-corrected chi connectivity index (χ2v) is 9.76. The Morgan fingerprint density at radius 1 is 0.912 bits per heavy atom. The molecule has 0 unspecified atom stereocenters. The number of hydrogen-bond acceptors (Lipinski definition) is 5. The Hall–Kier alpha value is -3.51. The molecule has 6 heteroatoms. The minimum atomic E-state index is -1.49. The SMILES string of the molecule is COC(=O)[C@H]1[C@@H](c2ccc(Br)cc2)C2(C(=O)c3ccccc3C2=O)[C@H]2C=Cc3ccccc3N12. The zero-order valence-electron chi connectivity index (χ0n) is 18.3. The third-order valence-corrected chi connectivity index (χ3v) is 7.91. The summed E-state index contributed by atoms with van der Waals surface area (Å²) in [4.78, 5) is 43.9. The lowest BCUT2D eigenvalue weighted by molar-refractivity contribution is -0.142. The fourth-order valence-electron chi connectivity index (χ4n) is 6.05. The molecular formula is C28H20BrNO4. The molecule has 0 radical (unpaired) electrons. The molecule has 0 aromatic heterocycles. The second kappa shape index (κ2) is 7.50. The molecule has 1 spiro atoms. The van der Waals surface area contributed by atoms with E-state index in [0.29, 0.717) is 11.1 Å². The molecule has 3 atom stereocenters. The van der Waals surface area contributed by atoms with Crippen LogP contribution in [0.2, 0.25) is 0 Å². The number of ketones is 2. The number of Topliss-reactive ketones (excluding diaryl/α,β-unsaturated/α-hetero) is 2. The van der Waals surface area contributed by atoms with Gasteiger partial charge in [0.1, 0.15) is 11.5 Å². The van der Waals surface area contributed by atoms with Crippen LogP contribution in [0.4, 0.5) is 5.69 Å². The van der Waals surface area contributed by atoms with E-state index >= 15 is 0 Å². The number of nitrogens with zero attached hydrogens (tertiary/aromatic N) is 1. The van der Waals surface area contributed by atoms with Crippen LogP contribution in [0.15, 0.2) is 83.3 Å². The number of carbonyl (C=O) groups excluding carboxylic acids is 3. The van der Waals surface area contributed by atoms with Crippen LogP contribution in [0.1, 0.15) is 37.8 Å². The predicted molar refractivity (Wildman–Crippen MR) is 132 cm³/mol. The van der Waals surface area contributed by atoms with Crippen molar-refractivity contribution < 1.29 is 19.1 Å². The van der Waals surface area contributed by atoms with Gasteiger partial charge in [-0.05, 0) is 29.3 Å². The number of hydrogen-bond donors (Lipinski definition) is 0. The Balaban J connectivity index is 1.69. The van der Waals surface area contributed by atoms with Gasteiger partial charge in [-0.15, -0.1) is 0 Å². The zero-order chi connectivity index (χ0) is 23.6. The van der Waals surface area contributed by atoms with E-state index in [1.807, 2.05) is 65.6 Å². The van der Waals surface area contributed by atoms with Crippen LogP contribution in [0.25, 0.3) is 6.08 Å². The molecule has 1 aliphatic carbocycles. The molecular weight excluding hydrogens is 494 g/mol. The highest BCUT2D eigenvalue weighted by Crippen LogP contribution is 2.60. The molecule has 3 aromatic carbocycles. The summed E-state index contributed by atoms with van der Waals surface area (Å²) < 4.78 is 6.16. The molecule has 0 N–H and O–H groups in total. The Labute approximate surface area is 205 Å². The van der Waals surface area contributed by atoms with E-state index in [9.17, 15) is 14.4 Å². The van der Waals surface area contributed by atoms with Gasteiger partial charge in [-0.25, -0.2) is 4.79 Å². The maximum Gasteiger partial charge on any atom is 0.329 e. The van der Waals surface area contributed by atoms with Crippen molar-refractivity contribution in [1.82, 2.24) is 0 Å². The summed E-state index contributed by atoms with van der Waals surface area (Å²) in [5, 5.41) is 0. The Morgan fingerprint density at radius 2 is 1.53 bits per heavy atom. The third-order valence-electron chi connectivity index (χ3n) is 7.38. The van der Waals surface area contributed by atoms with Crippen LogP contribution in [0, 0.1) is 5.41 Å². The van der Waals surface area contributed by atoms with Gasteiger partial charge in [-0.2, -0.15) is 0 Å². The van der Waals surface area contributed by atoms with Crippen molar-refractivity contribution in [3.8, 4) is 0 Å². The monoisotopic (exact) mass is 513 g/mol. The second-order valence-electron chi connectivity index (χ2n) is 8.84. The van der Waals surface area contributed by atoms with Crippen molar-refractivity contribution in [3.63, 3.8) is 0 Å². The quantitative estimate of drug-likeness (QED) is 0.354. The van der Waals surface area contributed by atoms with Crippen molar-refractivity contribution in [2.45, 2.75) is 18.0 Å². The lowest BCUT2D eigenvalue weighted by Gasteiger charge is -2.36. The molecule has 0 amide bonds. The fourth-order valence-corrected chi connectivity index (χ4v) is 6.32. The topological polar surface area (TPSA) is 63.7 Å². The number of methoxy groups -OCH3 is 1. The van der Waals surface area contributed by atoms with E-state index in [2.05, 4.69) is 15.9 Å². The zero-order valence-corrected chi connectivity index (χ0v) is 19.9. The van der Waals surface area contributed by atoms with Crippen molar-refractivity contribution in [2.75, 3.05) is 12.0 Å². The van der Waals surface area contributed by atoms with Gasteiger partial charge in [0.15, 0.2) is 11.6 Å². The summed E-state index contributed by atoms with van der Waals surface area (Å²) in [5.74, 6) is -1.70. The first kappa shape index (κ1) is 21.1. The molecule has 1 saturated heterocycles. The molecule has 2 aliphatic heterocycles. The molecule has 34 heavy (non-hydrogen) atoms. The van der Waals surface area contributed by atoms with Gasteiger partial charge >= 0.3 is 5.97 Å². The van der Waals surface area contributed by atoms with E-state index in [1.54, 1.807) is 24.3 Å². The van der Waals surface area contributed by atoms with Gasteiger partial charge in [0.05, 0.1) is 13.2 Å². The molecule has 168 valence electrons. The smallest absolute Gasteiger partial charge is 0.329 e. The molecule has 3 aliphatic rings. The summed E-state index contributed by atoms with van der Waals surface area (Å²) in [6.45, 7) is 0. The molecule has 5 nitrogen and oxygen atoms in total. The van der Waals surface area contributed by atoms with E-state index < -0.39 is 29.4 Å². The highest BCUT2D eigenvalue weighted by Gasteiger charge is 2.71. The Morgan fingerprint density at radius 3 is 2.18 bits per heavy atom. The maximum atomic E-state index is 14.3. The lowest BCUT2D eigenvalue weighted by atomic mass is 9.65. The third kappa shape index (κ3) is 2.57. The predicted octanol–water partition coefficient (Wildman–Crippen LogP) is 5.06. The Kier molecular flexibility index (Phi) is 4.64. The normalized spacial score (nSPS) is 23.6. The summed E-state index contributed by atoms with van der Waals surface area (Å²) in [6.07, 6.45) is 3.85. The van der Waals surface area contributed by atoms with Gasteiger partial charge in [-0.3, -0.25) is 9.59 Å². The van der Waals surface area contributed by atoms with E-state index in [4.69, 9.17) is 4.74 Å². The highest BCUT2D eigenvalue weighted by molar-refractivity contribution is 9.10. The van der Waals surface area contributed by atoms with Crippen LogP contribution in [0.5, 0.6) is 0 Å². The number of ether oxygens (including phenoxy) is 1. The Bertz CT molecular complexity index is 1360. The molecule has 1 fully saturated rings. The summed E-state index contributed by atoms with van der Waals surface area (Å²) >= 11 is 3.47. The van der Waals surface area contributed by atoms with Gasteiger partial charge in [0.25, 0.3) is 0 Å². The first-order valence-corrected chi connectivity index (χ1v) is 11.9. The van der Waals surface area contributed by atoms with Crippen LogP contribution < -0.4 is 4.90 Å². The first-order chi connectivity index (χ1) is 16.5. The van der Waals surface area contributed by atoms with Crippen LogP contribution in [-0.2, 0) is 9.53 Å². The van der Waals surface area contributed by atoms with Crippen molar-refractivity contribution in [2.24, 2.45) is 5.41 Å². The molecule has 6 rings (SSSR count). The molecule has 0 bridgehead atoms. The van der Waals surface area contributed by atoms with Crippen molar-refractivity contribution in [1.29, 1.82) is 0 Å². The molecule has 2 heterocycles. The van der Waals surface area contributed by atoms with E-state index in [1.165, 1.54) is 7.11 Å². The maximum absolute atomic E-state index is 14.3. The number of para-hydroxylation sites is 1. The average molecular weight is 514 g/mol. The van der Waals surface area contributed by atoms with Crippen molar-refractivity contribution in [3.05, 3.63) is 106 Å². The van der Waals surface area contributed by atoms with Gasteiger partial charge in [0, 0.05) is 27.2 Å². The summed E-state index contributed by atoms with van der Waals surface area (Å²) in [7, 11) is 1.35. The average Bonchev–Trinajstić information content (AvgIpc) is 3.31.